The third kappa shape index (κ3) is 3.38. The van der Waals surface area contributed by atoms with Crippen molar-refractivity contribution in [1.82, 2.24) is 4.90 Å². The van der Waals surface area contributed by atoms with Gasteiger partial charge in [-0.2, -0.15) is 0 Å². The maximum absolute atomic E-state index is 14.1. The van der Waals surface area contributed by atoms with Crippen LogP contribution in [0.4, 0.5) is 4.39 Å². The summed E-state index contributed by atoms with van der Waals surface area (Å²) in [6, 6.07) is 4.92. The average molecular weight is 344 g/mol. The summed E-state index contributed by atoms with van der Waals surface area (Å²) in [5.74, 6) is -0.228. The molecule has 1 unspecified atom stereocenters. The molecule has 1 aliphatic carbocycles. The fourth-order valence-corrected chi connectivity index (χ4v) is 2.70. The number of nitrogens with zero attached hydrogens (tertiary/aromatic N) is 1. The van der Waals surface area contributed by atoms with Crippen LogP contribution in [-0.4, -0.2) is 37.1 Å². The van der Waals surface area contributed by atoms with Crippen LogP contribution in [0.25, 0.3) is 0 Å². The van der Waals surface area contributed by atoms with Crippen LogP contribution in [0.5, 0.6) is 0 Å². The molecule has 0 aliphatic heterocycles. The Kier molecular flexibility index (Phi) is 5.16. The van der Waals surface area contributed by atoms with Gasteiger partial charge in [-0.05, 0) is 53.7 Å². The number of ether oxygens (including phenoxy) is 1. The molecule has 1 amide bonds. The highest BCUT2D eigenvalue weighted by molar-refractivity contribution is 9.10. The second-order valence-corrected chi connectivity index (χ2v) is 6.03. The Morgan fingerprint density at radius 1 is 1.55 bits per heavy atom. The zero-order valence-corrected chi connectivity index (χ0v) is 13.3. The molecular weight excluding hydrogens is 325 g/mol. The van der Waals surface area contributed by atoms with E-state index >= 15 is 0 Å². The van der Waals surface area contributed by atoms with Gasteiger partial charge in [0.05, 0.1) is 16.6 Å². The summed E-state index contributed by atoms with van der Waals surface area (Å²) < 4.78 is 19.5. The summed E-state index contributed by atoms with van der Waals surface area (Å²) in [5.41, 5.74) is 0.114. The molecule has 110 valence electrons. The lowest BCUT2D eigenvalue weighted by atomic mass is 10.1. The minimum atomic E-state index is -0.497. The van der Waals surface area contributed by atoms with Gasteiger partial charge in [-0.1, -0.05) is 6.07 Å². The molecule has 1 aliphatic rings. The van der Waals surface area contributed by atoms with Crippen LogP contribution in [0.15, 0.2) is 22.7 Å². The van der Waals surface area contributed by atoms with Gasteiger partial charge in [-0.25, -0.2) is 4.39 Å². The van der Waals surface area contributed by atoms with Crippen LogP contribution in [-0.2, 0) is 4.74 Å². The largest absolute Gasteiger partial charge is 0.383 e. The fourth-order valence-electron chi connectivity index (χ4n) is 2.34. The normalized spacial score (nSPS) is 16.0. The maximum atomic E-state index is 14.1. The number of amides is 1. The van der Waals surface area contributed by atoms with Crippen molar-refractivity contribution < 1.29 is 13.9 Å². The van der Waals surface area contributed by atoms with Gasteiger partial charge in [-0.15, -0.1) is 0 Å². The van der Waals surface area contributed by atoms with Crippen LogP contribution in [0.1, 0.15) is 30.1 Å². The highest BCUT2D eigenvalue weighted by Crippen LogP contribution is 2.35. The lowest BCUT2D eigenvalue weighted by Gasteiger charge is -2.29. The third-order valence-electron chi connectivity index (χ3n) is 3.78. The molecule has 1 atom stereocenters. The molecule has 1 aromatic rings. The lowest BCUT2D eigenvalue weighted by Crippen LogP contribution is -2.42. The first-order valence-electron chi connectivity index (χ1n) is 6.80. The zero-order valence-electron chi connectivity index (χ0n) is 11.7. The molecule has 0 radical (unpaired) electrons. The van der Waals surface area contributed by atoms with E-state index in [9.17, 15) is 9.18 Å². The monoisotopic (exact) mass is 343 g/mol. The SMILES string of the molecule is COCCN(C(=O)c1cccc(Br)c1F)C(C)C1CC1. The topological polar surface area (TPSA) is 29.5 Å². The van der Waals surface area contributed by atoms with Gasteiger partial charge >= 0.3 is 0 Å². The van der Waals surface area contributed by atoms with Gasteiger partial charge in [0.15, 0.2) is 0 Å². The summed E-state index contributed by atoms with van der Waals surface area (Å²) >= 11 is 3.12. The van der Waals surface area contributed by atoms with Crippen molar-refractivity contribution in [3.63, 3.8) is 0 Å². The van der Waals surface area contributed by atoms with E-state index in [1.165, 1.54) is 6.07 Å². The second-order valence-electron chi connectivity index (χ2n) is 5.17. The van der Waals surface area contributed by atoms with Crippen molar-refractivity contribution in [3.8, 4) is 0 Å². The van der Waals surface area contributed by atoms with E-state index in [-0.39, 0.29) is 17.5 Å². The molecule has 0 heterocycles. The number of carbonyl (C=O) groups excluding carboxylic acids is 1. The van der Waals surface area contributed by atoms with Gasteiger partial charge in [0, 0.05) is 19.7 Å². The molecule has 0 aromatic heterocycles. The van der Waals surface area contributed by atoms with Crippen LogP contribution < -0.4 is 0 Å². The number of methoxy groups -OCH3 is 1. The molecule has 5 heteroatoms. The van der Waals surface area contributed by atoms with E-state index in [2.05, 4.69) is 15.9 Å². The highest BCUT2D eigenvalue weighted by atomic mass is 79.9. The van der Waals surface area contributed by atoms with Crippen molar-refractivity contribution in [1.29, 1.82) is 0 Å². The van der Waals surface area contributed by atoms with Crippen molar-refractivity contribution in [2.45, 2.75) is 25.8 Å². The Bertz CT molecular complexity index is 491. The van der Waals surface area contributed by atoms with Gasteiger partial charge in [0.1, 0.15) is 5.82 Å². The van der Waals surface area contributed by atoms with E-state index in [1.807, 2.05) is 6.92 Å². The first-order valence-corrected chi connectivity index (χ1v) is 7.59. The summed E-state index contributed by atoms with van der Waals surface area (Å²) in [6.07, 6.45) is 2.28. The molecular formula is C15H19BrFNO2. The van der Waals surface area contributed by atoms with Gasteiger partial charge in [0.2, 0.25) is 0 Å². The molecule has 0 N–H and O–H groups in total. The third-order valence-corrected chi connectivity index (χ3v) is 4.39. The number of hydrogen-bond acceptors (Lipinski definition) is 2. The van der Waals surface area contributed by atoms with E-state index in [0.29, 0.717) is 23.5 Å². The number of benzene rings is 1. The van der Waals surface area contributed by atoms with Crippen LogP contribution in [0.3, 0.4) is 0 Å². The maximum Gasteiger partial charge on any atom is 0.257 e. The van der Waals surface area contributed by atoms with Crippen LogP contribution >= 0.6 is 15.9 Å². The Morgan fingerprint density at radius 2 is 2.25 bits per heavy atom. The standard InChI is InChI=1S/C15H19BrFNO2/c1-10(11-6-7-11)18(8-9-20-2)15(19)12-4-3-5-13(16)14(12)17/h3-5,10-11H,6-9H2,1-2H3. The predicted octanol–water partition coefficient (Wildman–Crippen LogP) is 3.48. The molecule has 0 spiro atoms. The van der Waals surface area contributed by atoms with Crippen LogP contribution in [0.2, 0.25) is 0 Å². The zero-order chi connectivity index (χ0) is 14.7. The van der Waals surface area contributed by atoms with E-state index in [4.69, 9.17) is 4.74 Å². The molecule has 0 bridgehead atoms. The summed E-state index contributed by atoms with van der Waals surface area (Å²) in [4.78, 5) is 14.3. The molecule has 20 heavy (non-hydrogen) atoms. The molecule has 1 aromatic carbocycles. The van der Waals surface area contributed by atoms with Crippen molar-refractivity contribution >= 4 is 21.8 Å². The van der Waals surface area contributed by atoms with Gasteiger partial charge in [0.25, 0.3) is 5.91 Å². The Hall–Kier alpha value is -0.940. The van der Waals surface area contributed by atoms with Gasteiger partial charge < -0.3 is 9.64 Å². The first-order chi connectivity index (χ1) is 9.56. The average Bonchev–Trinajstić information content (AvgIpc) is 3.26. The number of hydrogen-bond donors (Lipinski definition) is 0. The molecule has 1 saturated carbocycles. The van der Waals surface area contributed by atoms with E-state index in [1.54, 1.807) is 24.1 Å². The van der Waals surface area contributed by atoms with Crippen molar-refractivity contribution in [2.75, 3.05) is 20.3 Å². The number of rotatable bonds is 6. The minimum absolute atomic E-state index is 0.114. The van der Waals surface area contributed by atoms with Crippen molar-refractivity contribution in [3.05, 3.63) is 34.1 Å². The highest BCUT2D eigenvalue weighted by Gasteiger charge is 2.35. The van der Waals surface area contributed by atoms with Crippen molar-refractivity contribution in [2.24, 2.45) is 5.92 Å². The quantitative estimate of drug-likeness (QED) is 0.791. The smallest absolute Gasteiger partial charge is 0.257 e. The Labute approximate surface area is 127 Å². The molecule has 0 saturated heterocycles. The molecule has 3 nitrogen and oxygen atoms in total. The first kappa shape index (κ1) is 15.4. The van der Waals surface area contributed by atoms with Crippen LogP contribution in [0, 0.1) is 11.7 Å². The summed E-state index contributed by atoms with van der Waals surface area (Å²) in [7, 11) is 1.60. The van der Waals surface area contributed by atoms with Gasteiger partial charge in [-0.3, -0.25) is 4.79 Å². The summed E-state index contributed by atoms with van der Waals surface area (Å²) in [5, 5.41) is 0. The van der Waals surface area contributed by atoms with E-state index in [0.717, 1.165) is 12.8 Å². The minimum Gasteiger partial charge on any atom is -0.383 e. The molecule has 2 rings (SSSR count). The number of halogens is 2. The predicted molar refractivity (Wildman–Crippen MR) is 79.2 cm³/mol. The van der Waals surface area contributed by atoms with E-state index < -0.39 is 5.82 Å². The summed E-state index contributed by atoms with van der Waals surface area (Å²) in [6.45, 7) is 2.97. The second kappa shape index (κ2) is 6.68. The Morgan fingerprint density at radius 3 is 2.85 bits per heavy atom. The molecule has 1 fully saturated rings. The fraction of sp³-hybridized carbons (Fsp3) is 0.533. The lowest BCUT2D eigenvalue weighted by molar-refractivity contribution is 0.0590. The Balaban J connectivity index is 2.22. The number of carbonyl (C=O) groups is 1.